The van der Waals surface area contributed by atoms with Crippen LogP contribution in [0.1, 0.15) is 30.1 Å². The first-order valence-corrected chi connectivity index (χ1v) is 8.29. The average Bonchev–Trinajstić information content (AvgIpc) is 2.47. The smallest absolute Gasteiger partial charge is 0.292 e. The minimum absolute atomic E-state index is 0.00656. The van der Waals surface area contributed by atoms with Gasteiger partial charge in [-0.1, -0.05) is 0 Å². The molecule has 0 aromatic heterocycles. The topological polar surface area (TPSA) is 84.3 Å². The van der Waals surface area contributed by atoms with Crippen molar-refractivity contribution < 1.29 is 9.72 Å². The molecule has 1 aromatic rings. The Hall–Kier alpha value is -1.76. The van der Waals surface area contributed by atoms with E-state index in [2.05, 4.69) is 10.6 Å². The number of rotatable bonds is 9. The Labute approximate surface area is 128 Å². The number of nitrogens with zero attached hydrogens (tertiary/aromatic N) is 1. The number of anilines is 1. The number of nitro groups is 1. The molecular weight excluding hydrogens is 290 g/mol. The standard InChI is InChI=1S/C14H21N3O3S/c1-3-15-14(18)11-6-7-13(17(19)20)12(10-11)16-8-4-5-9-21-2/h6-7,10,16H,3-5,8-9H2,1-2H3,(H,15,18). The molecule has 1 amide bonds. The molecule has 2 N–H and O–H groups in total. The Morgan fingerprint density at radius 3 is 2.76 bits per heavy atom. The van der Waals surface area contributed by atoms with Crippen molar-refractivity contribution in [1.29, 1.82) is 0 Å². The van der Waals surface area contributed by atoms with Gasteiger partial charge in [-0.25, -0.2) is 0 Å². The van der Waals surface area contributed by atoms with Crippen LogP contribution >= 0.6 is 11.8 Å². The van der Waals surface area contributed by atoms with E-state index in [0.29, 0.717) is 24.3 Å². The second-order valence-electron chi connectivity index (χ2n) is 4.48. The Kier molecular flexibility index (Phi) is 7.60. The number of thioether (sulfide) groups is 1. The van der Waals surface area contributed by atoms with E-state index >= 15 is 0 Å². The molecule has 7 heteroatoms. The maximum atomic E-state index is 11.8. The van der Waals surface area contributed by atoms with Gasteiger partial charge in [0.1, 0.15) is 5.69 Å². The molecule has 0 spiro atoms. The second kappa shape index (κ2) is 9.23. The summed E-state index contributed by atoms with van der Waals surface area (Å²) >= 11 is 1.78. The molecule has 0 saturated heterocycles. The molecule has 0 saturated carbocycles. The van der Waals surface area contributed by atoms with E-state index in [1.165, 1.54) is 18.2 Å². The van der Waals surface area contributed by atoms with Crippen LogP contribution in [0, 0.1) is 10.1 Å². The van der Waals surface area contributed by atoms with Crippen LogP contribution in [0.5, 0.6) is 0 Å². The first-order chi connectivity index (χ1) is 10.1. The molecule has 1 aromatic carbocycles. The quantitative estimate of drug-likeness (QED) is 0.416. The molecule has 0 bridgehead atoms. The maximum Gasteiger partial charge on any atom is 0.292 e. The van der Waals surface area contributed by atoms with Crippen molar-refractivity contribution in [1.82, 2.24) is 5.32 Å². The summed E-state index contributed by atoms with van der Waals surface area (Å²) in [6.45, 7) is 3.00. The highest BCUT2D eigenvalue weighted by Crippen LogP contribution is 2.25. The van der Waals surface area contributed by atoms with Gasteiger partial charge in [-0.2, -0.15) is 11.8 Å². The lowest BCUT2D eigenvalue weighted by Gasteiger charge is -2.09. The van der Waals surface area contributed by atoms with Gasteiger partial charge in [0.2, 0.25) is 0 Å². The van der Waals surface area contributed by atoms with Crippen LogP contribution in [0.3, 0.4) is 0 Å². The maximum absolute atomic E-state index is 11.8. The van der Waals surface area contributed by atoms with E-state index in [9.17, 15) is 14.9 Å². The molecule has 1 rings (SSSR count). The number of amides is 1. The zero-order valence-electron chi connectivity index (χ0n) is 12.3. The van der Waals surface area contributed by atoms with Gasteiger partial charge in [0.05, 0.1) is 4.92 Å². The van der Waals surface area contributed by atoms with Crippen molar-refractivity contribution >= 4 is 29.0 Å². The van der Waals surface area contributed by atoms with Crippen molar-refractivity contribution in [3.63, 3.8) is 0 Å². The SMILES string of the molecule is CCNC(=O)c1ccc([N+](=O)[O-])c(NCCCCSC)c1. The molecule has 0 fully saturated rings. The second-order valence-corrected chi connectivity index (χ2v) is 5.46. The van der Waals surface area contributed by atoms with E-state index in [0.717, 1.165) is 18.6 Å². The third-order valence-corrected chi connectivity index (χ3v) is 3.58. The van der Waals surface area contributed by atoms with E-state index in [1.54, 1.807) is 11.8 Å². The molecule has 21 heavy (non-hydrogen) atoms. The van der Waals surface area contributed by atoms with Crippen LogP contribution in [0.2, 0.25) is 0 Å². The fraction of sp³-hybridized carbons (Fsp3) is 0.500. The molecule has 0 aliphatic heterocycles. The van der Waals surface area contributed by atoms with Gasteiger partial charge in [0.15, 0.2) is 0 Å². The zero-order chi connectivity index (χ0) is 15.7. The molecule has 6 nitrogen and oxygen atoms in total. The number of unbranched alkanes of at least 4 members (excludes halogenated alkanes) is 1. The summed E-state index contributed by atoms with van der Waals surface area (Å²) in [5.74, 6) is 0.848. The van der Waals surface area contributed by atoms with Crippen LogP contribution in [-0.4, -0.2) is 35.9 Å². The summed E-state index contributed by atoms with van der Waals surface area (Å²) in [6, 6.07) is 4.38. The molecule has 0 unspecified atom stereocenters. The fourth-order valence-electron chi connectivity index (χ4n) is 1.84. The zero-order valence-corrected chi connectivity index (χ0v) is 13.2. The lowest BCUT2D eigenvalue weighted by molar-refractivity contribution is -0.384. The third kappa shape index (κ3) is 5.63. The highest BCUT2D eigenvalue weighted by atomic mass is 32.2. The Morgan fingerprint density at radius 1 is 1.38 bits per heavy atom. The van der Waals surface area contributed by atoms with Crippen molar-refractivity contribution in [2.45, 2.75) is 19.8 Å². The molecule has 0 aliphatic carbocycles. The van der Waals surface area contributed by atoms with Gasteiger partial charge < -0.3 is 10.6 Å². The number of hydrogen-bond acceptors (Lipinski definition) is 5. The minimum Gasteiger partial charge on any atom is -0.379 e. The highest BCUT2D eigenvalue weighted by Gasteiger charge is 2.16. The van der Waals surface area contributed by atoms with Gasteiger partial charge in [-0.15, -0.1) is 0 Å². The molecule has 0 radical (unpaired) electrons. The van der Waals surface area contributed by atoms with E-state index in [4.69, 9.17) is 0 Å². The lowest BCUT2D eigenvalue weighted by atomic mass is 10.1. The Morgan fingerprint density at radius 2 is 2.14 bits per heavy atom. The molecule has 116 valence electrons. The van der Waals surface area contributed by atoms with Crippen LogP contribution in [0.25, 0.3) is 0 Å². The first kappa shape index (κ1) is 17.3. The summed E-state index contributed by atoms with van der Waals surface area (Å²) in [6.07, 6.45) is 4.04. The predicted molar refractivity (Wildman–Crippen MR) is 87.2 cm³/mol. The molecule has 0 aliphatic rings. The monoisotopic (exact) mass is 311 g/mol. The third-order valence-electron chi connectivity index (χ3n) is 2.88. The fourth-order valence-corrected chi connectivity index (χ4v) is 2.33. The lowest BCUT2D eigenvalue weighted by Crippen LogP contribution is -2.22. The van der Waals surface area contributed by atoms with Gasteiger partial charge in [0.25, 0.3) is 11.6 Å². The largest absolute Gasteiger partial charge is 0.379 e. The number of nitro benzene ring substituents is 1. The van der Waals surface area contributed by atoms with Crippen LogP contribution < -0.4 is 10.6 Å². The van der Waals surface area contributed by atoms with Gasteiger partial charge >= 0.3 is 0 Å². The molecule has 0 heterocycles. The van der Waals surface area contributed by atoms with E-state index in [-0.39, 0.29) is 11.6 Å². The summed E-state index contributed by atoms with van der Waals surface area (Å²) in [5.41, 5.74) is 0.815. The van der Waals surface area contributed by atoms with Crippen molar-refractivity contribution in [3.8, 4) is 0 Å². The van der Waals surface area contributed by atoms with Crippen molar-refractivity contribution in [3.05, 3.63) is 33.9 Å². The van der Waals surface area contributed by atoms with E-state index in [1.807, 2.05) is 13.2 Å². The van der Waals surface area contributed by atoms with Crippen LogP contribution in [0.15, 0.2) is 18.2 Å². The Bertz CT molecular complexity index is 494. The summed E-state index contributed by atoms with van der Waals surface area (Å²) in [4.78, 5) is 22.4. The number of carbonyl (C=O) groups is 1. The summed E-state index contributed by atoms with van der Waals surface area (Å²) < 4.78 is 0. The van der Waals surface area contributed by atoms with E-state index < -0.39 is 4.92 Å². The normalized spacial score (nSPS) is 10.2. The van der Waals surface area contributed by atoms with Crippen molar-refractivity contribution in [2.24, 2.45) is 0 Å². The number of carbonyl (C=O) groups excluding carboxylic acids is 1. The molecule has 0 atom stereocenters. The number of benzene rings is 1. The Balaban J connectivity index is 2.79. The van der Waals surface area contributed by atoms with Gasteiger partial charge in [-0.05, 0) is 43.9 Å². The van der Waals surface area contributed by atoms with Crippen molar-refractivity contribution in [2.75, 3.05) is 30.4 Å². The summed E-state index contributed by atoms with van der Waals surface area (Å²) in [7, 11) is 0. The van der Waals surface area contributed by atoms with Crippen LogP contribution in [0.4, 0.5) is 11.4 Å². The number of hydrogen-bond donors (Lipinski definition) is 2. The summed E-state index contributed by atoms with van der Waals surface area (Å²) in [5, 5.41) is 16.8. The molecular formula is C14H21N3O3S. The predicted octanol–water partition coefficient (Wildman–Crippen LogP) is 2.90. The first-order valence-electron chi connectivity index (χ1n) is 6.89. The minimum atomic E-state index is -0.439. The average molecular weight is 311 g/mol. The van der Waals surface area contributed by atoms with Gasteiger partial charge in [-0.3, -0.25) is 14.9 Å². The van der Waals surface area contributed by atoms with Gasteiger partial charge in [0, 0.05) is 24.7 Å². The number of nitrogens with one attached hydrogen (secondary N) is 2. The van der Waals surface area contributed by atoms with Crippen LogP contribution in [-0.2, 0) is 0 Å². The highest BCUT2D eigenvalue weighted by molar-refractivity contribution is 7.98.